The van der Waals surface area contributed by atoms with Gasteiger partial charge in [-0.3, -0.25) is 4.98 Å². The summed E-state index contributed by atoms with van der Waals surface area (Å²) in [6, 6.07) is 1.66. The number of nitrogens with zero attached hydrogens (tertiary/aromatic N) is 5. The Morgan fingerprint density at radius 1 is 1.13 bits per heavy atom. The zero-order chi connectivity index (χ0) is 16.1. The average molecular weight is 317 g/mol. The quantitative estimate of drug-likeness (QED) is 0.786. The van der Waals surface area contributed by atoms with E-state index < -0.39 is 0 Å². The molecule has 0 radical (unpaired) electrons. The molecule has 0 aliphatic carbocycles. The van der Waals surface area contributed by atoms with Gasteiger partial charge in [0.25, 0.3) is 0 Å². The van der Waals surface area contributed by atoms with E-state index in [4.69, 9.17) is 14.2 Å². The Bertz CT molecular complexity index is 618. The molecule has 1 aliphatic heterocycles. The third-order valence-electron chi connectivity index (χ3n) is 3.66. The van der Waals surface area contributed by atoms with Gasteiger partial charge in [-0.15, -0.1) is 0 Å². The van der Waals surface area contributed by atoms with Gasteiger partial charge < -0.3 is 19.1 Å². The van der Waals surface area contributed by atoms with Crippen molar-refractivity contribution in [1.29, 1.82) is 0 Å². The van der Waals surface area contributed by atoms with E-state index in [9.17, 15) is 0 Å². The number of anilines is 1. The first-order chi connectivity index (χ1) is 11.3. The minimum Gasteiger partial charge on any atom is -0.481 e. The van der Waals surface area contributed by atoms with Crippen LogP contribution in [0.25, 0.3) is 0 Å². The maximum absolute atomic E-state index is 5.67. The molecule has 1 saturated heterocycles. The average Bonchev–Trinajstić information content (AvgIpc) is 3.09. The minimum absolute atomic E-state index is 0.387. The second kappa shape index (κ2) is 7.08. The minimum atomic E-state index is 0.387. The summed E-state index contributed by atoms with van der Waals surface area (Å²) in [5, 5.41) is 0. The van der Waals surface area contributed by atoms with E-state index in [2.05, 4.69) is 24.8 Å². The smallest absolute Gasteiger partial charge is 0.232 e. The Morgan fingerprint density at radius 2 is 1.91 bits per heavy atom. The molecular formula is C15H19N5O3. The Labute approximate surface area is 134 Å². The van der Waals surface area contributed by atoms with Gasteiger partial charge in [-0.05, 0) is 6.42 Å². The van der Waals surface area contributed by atoms with Crippen LogP contribution < -0.4 is 19.1 Å². The van der Waals surface area contributed by atoms with Crippen LogP contribution >= 0.6 is 0 Å². The molecule has 0 amide bonds. The molecule has 2 aromatic rings. The molecule has 1 unspecified atom stereocenters. The third kappa shape index (κ3) is 3.77. The van der Waals surface area contributed by atoms with Crippen molar-refractivity contribution >= 4 is 5.95 Å². The molecule has 0 saturated carbocycles. The van der Waals surface area contributed by atoms with Gasteiger partial charge in [-0.2, -0.15) is 9.97 Å². The fourth-order valence-electron chi connectivity index (χ4n) is 2.46. The molecule has 8 heteroatoms. The SMILES string of the molecule is COc1cc(OC)nc(N2CCC(COc3cnccn3)C2)n1. The molecule has 1 fully saturated rings. The van der Waals surface area contributed by atoms with Crippen LogP contribution in [0, 0.1) is 5.92 Å². The molecule has 2 aromatic heterocycles. The van der Waals surface area contributed by atoms with E-state index in [0.717, 1.165) is 19.5 Å². The van der Waals surface area contributed by atoms with Crippen LogP contribution in [0.4, 0.5) is 5.95 Å². The van der Waals surface area contributed by atoms with Gasteiger partial charge in [0.1, 0.15) is 0 Å². The zero-order valence-corrected chi connectivity index (χ0v) is 13.2. The second-order valence-electron chi connectivity index (χ2n) is 5.21. The van der Waals surface area contributed by atoms with Crippen LogP contribution in [-0.2, 0) is 0 Å². The molecule has 0 N–H and O–H groups in total. The van der Waals surface area contributed by atoms with Crippen LogP contribution in [0.1, 0.15) is 6.42 Å². The fraction of sp³-hybridized carbons (Fsp3) is 0.467. The van der Waals surface area contributed by atoms with Gasteiger partial charge in [0.15, 0.2) is 0 Å². The van der Waals surface area contributed by atoms with Crippen LogP contribution in [0.3, 0.4) is 0 Å². The van der Waals surface area contributed by atoms with Gasteiger partial charge in [-0.1, -0.05) is 0 Å². The van der Waals surface area contributed by atoms with Gasteiger partial charge in [0.05, 0.1) is 33.1 Å². The highest BCUT2D eigenvalue weighted by Gasteiger charge is 2.26. The van der Waals surface area contributed by atoms with Crippen molar-refractivity contribution in [3.63, 3.8) is 0 Å². The van der Waals surface area contributed by atoms with E-state index in [1.54, 1.807) is 38.9 Å². The number of hydrogen-bond donors (Lipinski definition) is 0. The molecule has 122 valence electrons. The van der Waals surface area contributed by atoms with Crippen LogP contribution in [0.2, 0.25) is 0 Å². The van der Waals surface area contributed by atoms with Gasteiger partial charge >= 0.3 is 0 Å². The lowest BCUT2D eigenvalue weighted by atomic mass is 10.1. The summed E-state index contributed by atoms with van der Waals surface area (Å²) in [6.07, 6.45) is 5.86. The fourth-order valence-corrected chi connectivity index (χ4v) is 2.46. The van der Waals surface area contributed by atoms with Crippen molar-refractivity contribution < 1.29 is 14.2 Å². The largest absolute Gasteiger partial charge is 0.481 e. The predicted molar refractivity (Wildman–Crippen MR) is 83.0 cm³/mol. The third-order valence-corrected chi connectivity index (χ3v) is 3.66. The molecule has 0 spiro atoms. The van der Waals surface area contributed by atoms with Gasteiger partial charge in [-0.25, -0.2) is 4.98 Å². The van der Waals surface area contributed by atoms with Crippen molar-refractivity contribution in [2.24, 2.45) is 5.92 Å². The molecule has 8 nitrogen and oxygen atoms in total. The van der Waals surface area contributed by atoms with Crippen molar-refractivity contribution in [3.8, 4) is 17.6 Å². The van der Waals surface area contributed by atoms with Gasteiger partial charge in [0, 0.05) is 31.4 Å². The Kier molecular flexibility index (Phi) is 4.70. The molecule has 1 aliphatic rings. The topological polar surface area (TPSA) is 82.5 Å². The van der Waals surface area contributed by atoms with Crippen LogP contribution in [0.5, 0.6) is 17.6 Å². The first-order valence-electron chi connectivity index (χ1n) is 7.39. The first kappa shape index (κ1) is 15.3. The highest BCUT2D eigenvalue weighted by atomic mass is 16.5. The van der Waals surface area contributed by atoms with Crippen molar-refractivity contribution in [2.75, 3.05) is 38.8 Å². The van der Waals surface area contributed by atoms with E-state index in [1.165, 1.54) is 0 Å². The van der Waals surface area contributed by atoms with Crippen molar-refractivity contribution in [2.45, 2.75) is 6.42 Å². The highest BCUT2D eigenvalue weighted by molar-refractivity contribution is 5.37. The molecule has 3 rings (SSSR count). The van der Waals surface area contributed by atoms with Crippen LogP contribution in [0.15, 0.2) is 24.7 Å². The standard InChI is InChI=1S/C15H19N5O3/c1-21-12-7-13(22-2)19-15(18-12)20-6-3-11(9-20)10-23-14-8-16-4-5-17-14/h4-5,7-8,11H,3,6,9-10H2,1-2H3. The van der Waals surface area contributed by atoms with E-state index in [0.29, 0.717) is 36.1 Å². The second-order valence-corrected chi connectivity index (χ2v) is 5.21. The summed E-state index contributed by atoms with van der Waals surface area (Å²) in [4.78, 5) is 19.0. The lowest BCUT2D eigenvalue weighted by Crippen LogP contribution is -2.24. The maximum atomic E-state index is 5.67. The zero-order valence-electron chi connectivity index (χ0n) is 13.2. The summed E-state index contributed by atoms with van der Waals surface area (Å²) in [5.74, 6) is 2.53. The summed E-state index contributed by atoms with van der Waals surface area (Å²) in [7, 11) is 3.15. The number of rotatable bonds is 6. The molecule has 0 bridgehead atoms. The summed E-state index contributed by atoms with van der Waals surface area (Å²) in [6.45, 7) is 2.28. The number of aromatic nitrogens is 4. The summed E-state index contributed by atoms with van der Waals surface area (Å²) < 4.78 is 16.1. The van der Waals surface area contributed by atoms with Crippen molar-refractivity contribution in [1.82, 2.24) is 19.9 Å². The lowest BCUT2D eigenvalue weighted by Gasteiger charge is -2.17. The molecule has 1 atom stereocenters. The molecule has 23 heavy (non-hydrogen) atoms. The van der Waals surface area contributed by atoms with Crippen LogP contribution in [-0.4, -0.2) is 53.9 Å². The van der Waals surface area contributed by atoms with Crippen molar-refractivity contribution in [3.05, 3.63) is 24.7 Å². The summed E-state index contributed by atoms with van der Waals surface area (Å²) >= 11 is 0. The Morgan fingerprint density at radius 3 is 2.57 bits per heavy atom. The monoisotopic (exact) mass is 317 g/mol. The summed E-state index contributed by atoms with van der Waals surface area (Å²) in [5.41, 5.74) is 0. The predicted octanol–water partition coefficient (Wildman–Crippen LogP) is 1.19. The Balaban J connectivity index is 1.61. The number of hydrogen-bond acceptors (Lipinski definition) is 8. The number of ether oxygens (including phenoxy) is 3. The maximum Gasteiger partial charge on any atom is 0.232 e. The first-order valence-corrected chi connectivity index (χ1v) is 7.39. The van der Waals surface area contributed by atoms with E-state index >= 15 is 0 Å². The Hall–Kier alpha value is -2.64. The highest BCUT2D eigenvalue weighted by Crippen LogP contribution is 2.25. The number of methoxy groups -OCH3 is 2. The van der Waals surface area contributed by atoms with E-state index in [-0.39, 0.29) is 0 Å². The molecular weight excluding hydrogens is 298 g/mol. The van der Waals surface area contributed by atoms with Gasteiger partial charge in [0.2, 0.25) is 23.6 Å². The van der Waals surface area contributed by atoms with E-state index in [1.807, 2.05) is 0 Å². The molecule has 0 aromatic carbocycles. The molecule has 3 heterocycles. The lowest BCUT2D eigenvalue weighted by molar-refractivity contribution is 0.251. The normalized spacial score (nSPS) is 17.1.